The molecule has 0 saturated carbocycles. The molecule has 0 amide bonds. The van der Waals surface area contributed by atoms with Crippen molar-refractivity contribution in [3.05, 3.63) is 11.5 Å². The summed E-state index contributed by atoms with van der Waals surface area (Å²) in [6, 6.07) is 0. The molecule has 4 nitrogen and oxygen atoms in total. The highest BCUT2D eigenvalue weighted by Crippen LogP contribution is 2.27. The molecule has 1 saturated heterocycles. The molecule has 1 aliphatic rings. The lowest BCUT2D eigenvalue weighted by Gasteiger charge is -2.16. The van der Waals surface area contributed by atoms with Crippen molar-refractivity contribution < 1.29 is 17.9 Å². The third-order valence-corrected chi connectivity index (χ3v) is 3.38. The highest BCUT2D eigenvalue weighted by molar-refractivity contribution is 8.16. The van der Waals surface area contributed by atoms with Gasteiger partial charge in [-0.2, -0.15) is 0 Å². The molecular weight excluding hydrogens is 228 g/mol. The minimum absolute atomic E-state index is 0.0366. The molecule has 1 heterocycles. The van der Waals surface area contributed by atoms with Crippen LogP contribution in [0.5, 0.6) is 0 Å². The van der Waals surface area contributed by atoms with Crippen molar-refractivity contribution in [2.24, 2.45) is 0 Å². The highest BCUT2D eigenvalue weighted by Gasteiger charge is 2.33. The first kappa shape index (κ1) is 12.0. The average Bonchev–Trinajstić information content (AvgIpc) is 2.28. The zero-order valence-corrected chi connectivity index (χ0v) is 9.69. The van der Waals surface area contributed by atoms with Crippen molar-refractivity contribution in [2.45, 2.75) is 32.2 Å². The van der Waals surface area contributed by atoms with E-state index in [1.54, 1.807) is 13.8 Å². The minimum Gasteiger partial charge on any atom is -0.348 e. The molecule has 82 valence electrons. The fourth-order valence-corrected chi connectivity index (χ4v) is 1.79. The van der Waals surface area contributed by atoms with Crippen LogP contribution < -0.4 is 0 Å². The lowest BCUT2D eigenvalue weighted by molar-refractivity contribution is -0.137. The van der Waals surface area contributed by atoms with Crippen LogP contribution in [0.2, 0.25) is 0 Å². The van der Waals surface area contributed by atoms with E-state index in [1.807, 2.05) is 0 Å². The first-order valence-corrected chi connectivity index (χ1v) is 6.46. The predicted octanol–water partition coefficient (Wildman–Crippen LogP) is 1.61. The molecule has 1 atom stereocenters. The maximum absolute atomic E-state index is 10.8. The topological polar surface area (TPSA) is 52.6 Å². The summed E-state index contributed by atoms with van der Waals surface area (Å²) in [6.07, 6.45) is -0.110. The van der Waals surface area contributed by atoms with E-state index in [-0.39, 0.29) is 17.4 Å². The van der Waals surface area contributed by atoms with E-state index in [2.05, 4.69) is 6.58 Å². The largest absolute Gasteiger partial charge is 0.348 e. The summed E-state index contributed by atoms with van der Waals surface area (Å²) in [5, 5.41) is 0. The first-order valence-electron chi connectivity index (χ1n) is 4.15. The van der Waals surface area contributed by atoms with Crippen molar-refractivity contribution in [1.82, 2.24) is 0 Å². The van der Waals surface area contributed by atoms with E-state index in [0.29, 0.717) is 6.61 Å². The second kappa shape index (κ2) is 3.81. The van der Waals surface area contributed by atoms with Gasteiger partial charge in [-0.05, 0) is 13.8 Å². The molecule has 0 aromatic heterocycles. The van der Waals surface area contributed by atoms with Gasteiger partial charge in [0.25, 0.3) is 9.05 Å². The monoisotopic (exact) mass is 240 g/mol. The molecule has 0 aromatic rings. The van der Waals surface area contributed by atoms with Gasteiger partial charge in [0.05, 0.1) is 17.6 Å². The molecule has 0 spiro atoms. The van der Waals surface area contributed by atoms with Crippen LogP contribution in [0.15, 0.2) is 11.5 Å². The van der Waals surface area contributed by atoms with Crippen molar-refractivity contribution in [2.75, 3.05) is 6.61 Å². The van der Waals surface area contributed by atoms with E-state index in [9.17, 15) is 8.42 Å². The Morgan fingerprint density at radius 3 is 2.57 bits per heavy atom. The average molecular weight is 241 g/mol. The Bertz CT molecular complexity index is 333. The molecule has 0 aliphatic carbocycles. The summed E-state index contributed by atoms with van der Waals surface area (Å²) < 4.78 is 32.4. The second-order valence-electron chi connectivity index (χ2n) is 3.63. The lowest BCUT2D eigenvalue weighted by Crippen LogP contribution is -2.21. The summed E-state index contributed by atoms with van der Waals surface area (Å²) in [5.41, 5.74) is 0. The Kier molecular flexibility index (Phi) is 3.26. The smallest absolute Gasteiger partial charge is 0.256 e. The van der Waals surface area contributed by atoms with E-state index in [4.69, 9.17) is 20.2 Å². The number of hydrogen-bond donors (Lipinski definition) is 0. The molecule has 0 aromatic carbocycles. The minimum atomic E-state index is -3.69. The fraction of sp³-hybridized carbons (Fsp3) is 0.750. The van der Waals surface area contributed by atoms with Gasteiger partial charge in [0.15, 0.2) is 5.79 Å². The third kappa shape index (κ3) is 3.24. The van der Waals surface area contributed by atoms with Gasteiger partial charge in [-0.1, -0.05) is 6.58 Å². The van der Waals surface area contributed by atoms with Crippen LogP contribution in [-0.4, -0.2) is 26.9 Å². The van der Waals surface area contributed by atoms with Crippen LogP contribution in [0.1, 0.15) is 20.3 Å². The fourth-order valence-electron chi connectivity index (χ4n) is 1.22. The summed E-state index contributed by atoms with van der Waals surface area (Å²) in [7, 11) is 1.42. The highest BCUT2D eigenvalue weighted by atomic mass is 35.7. The third-order valence-electron chi connectivity index (χ3n) is 1.87. The van der Waals surface area contributed by atoms with Crippen LogP contribution in [0, 0.1) is 0 Å². The Morgan fingerprint density at radius 2 is 2.21 bits per heavy atom. The number of hydrogen-bond acceptors (Lipinski definition) is 4. The van der Waals surface area contributed by atoms with Crippen LogP contribution >= 0.6 is 10.7 Å². The van der Waals surface area contributed by atoms with E-state index < -0.39 is 14.8 Å². The molecule has 0 radical (unpaired) electrons. The molecule has 14 heavy (non-hydrogen) atoms. The van der Waals surface area contributed by atoms with Crippen molar-refractivity contribution in [1.29, 1.82) is 0 Å². The Labute approximate surface area is 88.3 Å². The zero-order chi connectivity index (χ0) is 11.0. The van der Waals surface area contributed by atoms with Gasteiger partial charge in [-0.25, -0.2) is 8.42 Å². The summed E-state index contributed by atoms with van der Waals surface area (Å²) in [6.45, 7) is 7.28. The van der Waals surface area contributed by atoms with Gasteiger partial charge in [-0.15, -0.1) is 0 Å². The van der Waals surface area contributed by atoms with Crippen molar-refractivity contribution in [3.8, 4) is 0 Å². The number of halogens is 1. The summed E-state index contributed by atoms with van der Waals surface area (Å²) in [4.78, 5) is -0.0366. The maximum atomic E-state index is 10.8. The van der Waals surface area contributed by atoms with E-state index in [0.717, 1.165) is 0 Å². The molecule has 1 rings (SSSR count). The van der Waals surface area contributed by atoms with Gasteiger partial charge in [0.2, 0.25) is 0 Å². The van der Waals surface area contributed by atoms with Crippen molar-refractivity contribution >= 4 is 19.7 Å². The molecule has 1 fully saturated rings. The van der Waals surface area contributed by atoms with Gasteiger partial charge in [-0.3, -0.25) is 0 Å². The van der Waals surface area contributed by atoms with Gasteiger partial charge in [0, 0.05) is 17.1 Å². The number of ether oxygens (including phenoxy) is 2. The van der Waals surface area contributed by atoms with Crippen LogP contribution in [0.4, 0.5) is 0 Å². The summed E-state index contributed by atoms with van der Waals surface area (Å²) >= 11 is 0. The van der Waals surface area contributed by atoms with Crippen LogP contribution in [-0.2, 0) is 18.5 Å². The summed E-state index contributed by atoms with van der Waals surface area (Å²) in [5.74, 6) is -0.652. The molecular formula is C8H13ClO4S. The zero-order valence-electron chi connectivity index (χ0n) is 8.12. The Morgan fingerprint density at radius 1 is 1.64 bits per heavy atom. The first-order chi connectivity index (χ1) is 6.21. The lowest BCUT2D eigenvalue weighted by atomic mass is 10.3. The predicted molar refractivity (Wildman–Crippen MR) is 53.4 cm³/mol. The maximum Gasteiger partial charge on any atom is 0.256 e. The van der Waals surface area contributed by atoms with Crippen LogP contribution in [0.25, 0.3) is 0 Å². The van der Waals surface area contributed by atoms with Gasteiger partial charge < -0.3 is 9.47 Å². The van der Waals surface area contributed by atoms with Gasteiger partial charge in [0.1, 0.15) is 0 Å². The van der Waals surface area contributed by atoms with E-state index >= 15 is 0 Å². The quantitative estimate of drug-likeness (QED) is 0.704. The standard InChI is InChI=1S/C8H13ClO4S/c1-6(14(9,10)11)4-7-5-12-8(2,3)13-7/h7H,1,4-5H2,2-3H3/t7-/m1/s1. The molecule has 0 N–H and O–H groups in total. The van der Waals surface area contributed by atoms with Crippen LogP contribution in [0.3, 0.4) is 0 Å². The Balaban J connectivity index is 2.53. The van der Waals surface area contributed by atoms with E-state index in [1.165, 1.54) is 0 Å². The molecule has 6 heteroatoms. The molecule has 0 bridgehead atoms. The molecule has 0 unspecified atom stereocenters. The normalized spacial score (nSPS) is 26.4. The van der Waals surface area contributed by atoms with Gasteiger partial charge >= 0.3 is 0 Å². The number of rotatable bonds is 3. The SMILES string of the molecule is C=C(C[C@@H]1COC(C)(C)O1)S(=O)(=O)Cl. The van der Waals surface area contributed by atoms with Crippen molar-refractivity contribution in [3.63, 3.8) is 0 Å². The molecule has 1 aliphatic heterocycles. The second-order valence-corrected chi connectivity index (χ2v) is 6.30. The Hall–Kier alpha value is -0.100.